The Morgan fingerprint density at radius 1 is 1.00 bits per heavy atom. The van der Waals surface area contributed by atoms with Crippen LogP contribution < -0.4 is 13.9 Å². The zero-order chi connectivity index (χ0) is 19.4. The van der Waals surface area contributed by atoms with Gasteiger partial charge in [-0.25, -0.2) is 0 Å². The maximum atomic E-state index is 11.4. The highest BCUT2D eigenvalue weighted by atomic mass is 28.4. The molecule has 0 N–H and O–H groups in total. The molecule has 0 unspecified atom stereocenters. The van der Waals surface area contributed by atoms with Crippen molar-refractivity contribution >= 4 is 14.3 Å². The van der Waals surface area contributed by atoms with E-state index in [4.69, 9.17) is 13.9 Å². The number of carbonyl (C=O) groups is 1. The van der Waals surface area contributed by atoms with Gasteiger partial charge >= 0.3 is 5.97 Å². The average Bonchev–Trinajstić information content (AvgIpc) is 2.54. The molecule has 0 bridgehead atoms. The third-order valence-electron chi connectivity index (χ3n) is 4.59. The first-order valence-electron chi connectivity index (χ1n) is 8.77. The maximum Gasteiger partial charge on any atom is 0.308 e. The van der Waals surface area contributed by atoms with E-state index >= 15 is 0 Å². The minimum absolute atomic E-state index is 0.0292. The molecule has 0 radical (unpaired) electrons. The quantitative estimate of drug-likeness (QED) is 0.377. The monoisotopic (exact) mass is 372 g/mol. The molecule has 0 atom stereocenters. The molecule has 0 aliphatic rings. The zero-order valence-corrected chi connectivity index (χ0v) is 17.5. The standard InChI is InChI=1S/C21H28O4Si/c1-16(22)24-19-13-12-18(23-15-17-10-8-7-9-11-17)14-20(19)25-26(5,6)21(2,3)4/h7-14H,15H2,1-6H3. The molecule has 0 aliphatic heterocycles. The van der Waals surface area contributed by atoms with E-state index in [1.54, 1.807) is 12.1 Å². The molecular formula is C21H28O4Si. The van der Waals surface area contributed by atoms with Crippen molar-refractivity contribution in [3.63, 3.8) is 0 Å². The van der Waals surface area contributed by atoms with Crippen LogP contribution in [0.2, 0.25) is 18.1 Å². The first-order valence-corrected chi connectivity index (χ1v) is 11.7. The first-order chi connectivity index (χ1) is 12.1. The molecule has 2 aromatic carbocycles. The van der Waals surface area contributed by atoms with E-state index in [0.29, 0.717) is 23.9 Å². The molecule has 5 heteroatoms. The third kappa shape index (κ3) is 5.36. The molecule has 2 rings (SSSR count). The van der Waals surface area contributed by atoms with Gasteiger partial charge in [-0.15, -0.1) is 0 Å². The molecule has 0 amide bonds. The largest absolute Gasteiger partial charge is 0.541 e. The molecule has 26 heavy (non-hydrogen) atoms. The number of benzene rings is 2. The number of hydrogen-bond acceptors (Lipinski definition) is 4. The Hall–Kier alpha value is -2.27. The summed E-state index contributed by atoms with van der Waals surface area (Å²) >= 11 is 0. The van der Waals surface area contributed by atoms with Gasteiger partial charge in [-0.2, -0.15) is 0 Å². The van der Waals surface area contributed by atoms with E-state index in [-0.39, 0.29) is 11.0 Å². The Kier molecular flexibility index (Phi) is 6.13. The molecule has 0 fully saturated rings. The Balaban J connectivity index is 2.25. The van der Waals surface area contributed by atoms with Crippen molar-refractivity contribution < 1.29 is 18.7 Å². The highest BCUT2D eigenvalue weighted by Gasteiger charge is 2.39. The summed E-state index contributed by atoms with van der Waals surface area (Å²) in [6, 6.07) is 15.3. The minimum atomic E-state index is -2.08. The fourth-order valence-electron chi connectivity index (χ4n) is 2.07. The molecule has 0 saturated carbocycles. The Morgan fingerprint density at radius 3 is 2.23 bits per heavy atom. The molecular weight excluding hydrogens is 344 g/mol. The molecule has 0 spiro atoms. The van der Waals surface area contributed by atoms with E-state index < -0.39 is 8.32 Å². The number of ether oxygens (including phenoxy) is 2. The second-order valence-electron chi connectivity index (χ2n) is 7.84. The van der Waals surface area contributed by atoms with Crippen molar-refractivity contribution in [2.45, 2.75) is 52.4 Å². The summed E-state index contributed by atoms with van der Waals surface area (Å²) in [5.74, 6) is 1.29. The smallest absolute Gasteiger partial charge is 0.308 e. The molecule has 2 aromatic rings. The molecule has 0 heterocycles. The Morgan fingerprint density at radius 2 is 1.65 bits per heavy atom. The van der Waals surface area contributed by atoms with Crippen LogP contribution in [0.1, 0.15) is 33.3 Å². The lowest BCUT2D eigenvalue weighted by Crippen LogP contribution is -2.44. The number of carbonyl (C=O) groups excluding carboxylic acids is 1. The minimum Gasteiger partial charge on any atom is -0.541 e. The van der Waals surface area contributed by atoms with E-state index in [0.717, 1.165) is 5.56 Å². The van der Waals surface area contributed by atoms with Crippen molar-refractivity contribution in [3.05, 3.63) is 54.1 Å². The van der Waals surface area contributed by atoms with E-state index in [9.17, 15) is 4.79 Å². The predicted molar refractivity (Wildman–Crippen MR) is 106 cm³/mol. The molecule has 0 saturated heterocycles. The topological polar surface area (TPSA) is 44.8 Å². The summed E-state index contributed by atoms with van der Waals surface area (Å²) in [6.45, 7) is 12.7. The lowest BCUT2D eigenvalue weighted by molar-refractivity contribution is -0.131. The Labute approximate surface area is 157 Å². The van der Waals surface area contributed by atoms with E-state index in [2.05, 4.69) is 33.9 Å². The summed E-state index contributed by atoms with van der Waals surface area (Å²) in [5, 5.41) is 0.0292. The zero-order valence-electron chi connectivity index (χ0n) is 16.5. The van der Waals surface area contributed by atoms with Crippen LogP contribution in [0.25, 0.3) is 0 Å². The van der Waals surface area contributed by atoms with Crippen LogP contribution in [-0.2, 0) is 11.4 Å². The third-order valence-corrected chi connectivity index (χ3v) is 8.93. The van der Waals surface area contributed by atoms with Gasteiger partial charge in [-0.05, 0) is 35.8 Å². The van der Waals surface area contributed by atoms with Crippen LogP contribution in [0, 0.1) is 0 Å². The van der Waals surface area contributed by atoms with Gasteiger partial charge in [0.05, 0.1) is 0 Å². The predicted octanol–water partition coefficient (Wildman–Crippen LogP) is 5.57. The van der Waals surface area contributed by atoms with Gasteiger partial charge in [0, 0.05) is 13.0 Å². The van der Waals surface area contributed by atoms with Gasteiger partial charge in [0.2, 0.25) is 0 Å². The van der Waals surface area contributed by atoms with Crippen LogP contribution in [0.4, 0.5) is 0 Å². The van der Waals surface area contributed by atoms with Crippen LogP contribution in [-0.4, -0.2) is 14.3 Å². The van der Waals surface area contributed by atoms with Crippen molar-refractivity contribution in [2.24, 2.45) is 0 Å². The van der Waals surface area contributed by atoms with Crippen molar-refractivity contribution in [3.8, 4) is 17.2 Å². The summed E-state index contributed by atoms with van der Waals surface area (Å²) in [6.07, 6.45) is 0. The van der Waals surface area contributed by atoms with Gasteiger partial charge in [-0.1, -0.05) is 51.1 Å². The Bertz CT molecular complexity index is 748. The van der Waals surface area contributed by atoms with Crippen molar-refractivity contribution in [1.29, 1.82) is 0 Å². The van der Waals surface area contributed by atoms with E-state index in [1.165, 1.54) is 6.92 Å². The molecule has 140 valence electrons. The van der Waals surface area contributed by atoms with Gasteiger partial charge in [0.15, 0.2) is 11.5 Å². The fourth-order valence-corrected chi connectivity index (χ4v) is 3.08. The molecule has 4 nitrogen and oxygen atoms in total. The lowest BCUT2D eigenvalue weighted by atomic mass is 10.2. The molecule has 0 aromatic heterocycles. The SMILES string of the molecule is CC(=O)Oc1ccc(OCc2ccccc2)cc1O[Si](C)(C)C(C)(C)C. The van der Waals surface area contributed by atoms with Crippen molar-refractivity contribution in [1.82, 2.24) is 0 Å². The number of rotatable bonds is 6. The highest BCUT2D eigenvalue weighted by molar-refractivity contribution is 6.74. The summed E-state index contributed by atoms with van der Waals surface area (Å²) in [4.78, 5) is 11.4. The number of esters is 1. The molecule has 0 aliphatic carbocycles. The summed E-state index contributed by atoms with van der Waals surface area (Å²) in [7, 11) is -2.08. The van der Waals surface area contributed by atoms with Crippen LogP contribution >= 0.6 is 0 Å². The number of hydrogen-bond donors (Lipinski definition) is 0. The van der Waals surface area contributed by atoms with Gasteiger partial charge in [-0.3, -0.25) is 4.79 Å². The lowest BCUT2D eigenvalue weighted by Gasteiger charge is -2.36. The van der Waals surface area contributed by atoms with Crippen LogP contribution in [0.3, 0.4) is 0 Å². The van der Waals surface area contributed by atoms with Crippen LogP contribution in [0.15, 0.2) is 48.5 Å². The highest BCUT2D eigenvalue weighted by Crippen LogP contribution is 2.41. The average molecular weight is 373 g/mol. The van der Waals surface area contributed by atoms with Crippen LogP contribution in [0.5, 0.6) is 17.2 Å². The van der Waals surface area contributed by atoms with E-state index in [1.807, 2.05) is 36.4 Å². The van der Waals surface area contributed by atoms with Crippen molar-refractivity contribution in [2.75, 3.05) is 0 Å². The first kappa shape index (κ1) is 20.0. The second-order valence-corrected chi connectivity index (χ2v) is 12.6. The van der Waals surface area contributed by atoms with Gasteiger partial charge in [0.25, 0.3) is 8.32 Å². The summed E-state index contributed by atoms with van der Waals surface area (Å²) < 4.78 is 17.6. The fraction of sp³-hybridized carbons (Fsp3) is 0.381. The summed E-state index contributed by atoms with van der Waals surface area (Å²) in [5.41, 5.74) is 1.09. The maximum absolute atomic E-state index is 11.4. The van der Waals surface area contributed by atoms with Gasteiger partial charge in [0.1, 0.15) is 12.4 Å². The second kappa shape index (κ2) is 7.95. The van der Waals surface area contributed by atoms with Gasteiger partial charge < -0.3 is 13.9 Å². The normalized spacial score (nSPS) is 11.8.